The second-order valence-electron chi connectivity index (χ2n) is 12.1. The van der Waals surface area contributed by atoms with Crippen LogP contribution in [0.15, 0.2) is 41.7 Å². The number of nitrogens with two attached hydrogens (primary N) is 1. The van der Waals surface area contributed by atoms with Crippen molar-refractivity contribution in [1.82, 2.24) is 20.3 Å². The normalized spacial score (nSPS) is 20.4. The van der Waals surface area contributed by atoms with Crippen LogP contribution in [0, 0.1) is 5.41 Å². The summed E-state index contributed by atoms with van der Waals surface area (Å²) >= 11 is 0. The number of hydrogen-bond acceptors (Lipinski definition) is 9. The van der Waals surface area contributed by atoms with Crippen molar-refractivity contribution in [3.05, 3.63) is 53.6 Å². The van der Waals surface area contributed by atoms with Gasteiger partial charge in [-0.3, -0.25) is 0 Å². The summed E-state index contributed by atoms with van der Waals surface area (Å²) in [6.07, 6.45) is 9.03. The Hall–Kier alpha value is -3.24. The highest BCUT2D eigenvalue weighted by Gasteiger charge is 2.31. The molecule has 212 valence electrons. The lowest BCUT2D eigenvalue weighted by molar-refractivity contribution is 0.310. The molecule has 40 heavy (non-hydrogen) atoms. The molecule has 0 amide bonds. The fourth-order valence-electron chi connectivity index (χ4n) is 6.16. The van der Waals surface area contributed by atoms with Gasteiger partial charge in [-0.15, -0.1) is 0 Å². The predicted molar refractivity (Wildman–Crippen MR) is 156 cm³/mol. The zero-order valence-electron chi connectivity index (χ0n) is 23.3. The lowest BCUT2D eigenvalue weighted by atomic mass is 9.76. The first kappa shape index (κ1) is 27.0. The van der Waals surface area contributed by atoms with Crippen LogP contribution in [0.25, 0.3) is 11.1 Å². The third-order valence-electron chi connectivity index (χ3n) is 8.49. The zero-order valence-corrected chi connectivity index (χ0v) is 24.1. The lowest BCUT2D eigenvalue weighted by Crippen LogP contribution is -2.31. The summed E-state index contributed by atoms with van der Waals surface area (Å²) in [5, 5.41) is 3.37. The molecule has 4 heterocycles. The molecule has 3 aliphatic rings. The summed E-state index contributed by atoms with van der Waals surface area (Å²) in [5.41, 5.74) is 11.3. The van der Waals surface area contributed by atoms with Crippen molar-refractivity contribution in [1.29, 1.82) is 0 Å². The number of nitrogen functional groups attached to an aromatic ring is 1. The van der Waals surface area contributed by atoms with Crippen molar-refractivity contribution in [3.8, 4) is 16.9 Å². The molecule has 0 radical (unpaired) electrons. The highest BCUT2D eigenvalue weighted by Crippen LogP contribution is 2.39. The SMILES string of the molecule is CC1(C)CCc2ncnc(N3CCOc4ccc(-c5cnc(N)c(S(=O)(=O)CC[C@H]6CCCN6)c5)cc4C3)c2C1. The van der Waals surface area contributed by atoms with Crippen LogP contribution in [0.5, 0.6) is 5.75 Å². The highest BCUT2D eigenvalue weighted by atomic mass is 32.2. The maximum absolute atomic E-state index is 13.2. The Bertz CT molecular complexity index is 1520. The number of pyridine rings is 1. The van der Waals surface area contributed by atoms with Gasteiger partial charge in [0.1, 0.15) is 35.2 Å². The van der Waals surface area contributed by atoms with Crippen molar-refractivity contribution < 1.29 is 13.2 Å². The molecule has 0 saturated carbocycles. The fourth-order valence-corrected chi connectivity index (χ4v) is 7.65. The van der Waals surface area contributed by atoms with Crippen LogP contribution in [0.2, 0.25) is 0 Å². The van der Waals surface area contributed by atoms with Gasteiger partial charge < -0.3 is 20.7 Å². The van der Waals surface area contributed by atoms with Crippen LogP contribution < -0.4 is 20.7 Å². The molecular formula is C30H38N6O3S. The van der Waals surface area contributed by atoms with E-state index in [1.165, 1.54) is 5.56 Å². The zero-order chi connectivity index (χ0) is 27.9. The van der Waals surface area contributed by atoms with Gasteiger partial charge in [0.25, 0.3) is 0 Å². The molecule has 0 spiro atoms. The number of anilines is 2. The number of hydrogen-bond donors (Lipinski definition) is 2. The molecule has 1 fully saturated rings. The van der Waals surface area contributed by atoms with Gasteiger partial charge in [-0.05, 0) is 74.2 Å². The molecule has 2 aliphatic heterocycles. The lowest BCUT2D eigenvalue weighted by Gasteiger charge is -2.33. The Morgan fingerprint density at radius 3 is 2.88 bits per heavy atom. The van der Waals surface area contributed by atoms with E-state index in [1.54, 1.807) is 18.6 Å². The van der Waals surface area contributed by atoms with Gasteiger partial charge in [0, 0.05) is 41.2 Å². The van der Waals surface area contributed by atoms with Crippen LogP contribution in [-0.2, 0) is 29.2 Å². The predicted octanol–water partition coefficient (Wildman–Crippen LogP) is 3.95. The third-order valence-corrected chi connectivity index (χ3v) is 10.3. The number of aromatic nitrogens is 3. The maximum Gasteiger partial charge on any atom is 0.182 e. The van der Waals surface area contributed by atoms with Gasteiger partial charge in [-0.25, -0.2) is 23.4 Å². The van der Waals surface area contributed by atoms with Crippen LogP contribution in [-0.4, -0.2) is 54.9 Å². The molecule has 3 N–H and O–H groups in total. The van der Waals surface area contributed by atoms with Crippen molar-refractivity contribution in [2.24, 2.45) is 5.41 Å². The van der Waals surface area contributed by atoms with E-state index in [1.807, 2.05) is 12.1 Å². The van der Waals surface area contributed by atoms with E-state index in [2.05, 4.69) is 40.1 Å². The second kappa shape index (κ2) is 10.6. The number of benzene rings is 1. The largest absolute Gasteiger partial charge is 0.491 e. The van der Waals surface area contributed by atoms with Gasteiger partial charge in [0.05, 0.1) is 12.3 Å². The number of nitrogens with one attached hydrogen (secondary N) is 1. The monoisotopic (exact) mass is 562 g/mol. The minimum atomic E-state index is -3.57. The number of aryl methyl sites for hydroxylation is 1. The van der Waals surface area contributed by atoms with E-state index < -0.39 is 9.84 Å². The first-order chi connectivity index (χ1) is 19.2. The molecule has 10 heteroatoms. The Morgan fingerprint density at radius 2 is 2.05 bits per heavy atom. The summed E-state index contributed by atoms with van der Waals surface area (Å²) in [6, 6.07) is 7.89. The van der Waals surface area contributed by atoms with Crippen molar-refractivity contribution >= 4 is 21.5 Å². The van der Waals surface area contributed by atoms with E-state index in [-0.39, 0.29) is 27.9 Å². The third kappa shape index (κ3) is 5.51. The molecule has 2 aromatic heterocycles. The molecule has 1 atom stereocenters. The molecule has 6 rings (SSSR count). The first-order valence-electron chi connectivity index (χ1n) is 14.2. The maximum atomic E-state index is 13.2. The van der Waals surface area contributed by atoms with Crippen molar-refractivity contribution in [2.45, 2.75) is 69.9 Å². The standard InChI is InChI=1S/C30H38N6O3S/c1-30(2)9-7-25-24(16-30)29(35-19-34-25)36-11-12-39-26-6-5-20(14-22(26)18-36)21-15-27(28(31)33-17-21)40(37,38)13-8-23-4-3-10-32-23/h5-6,14-15,17,19,23,32H,3-4,7-13,16,18H2,1-2H3,(H2,31,33)/t23-/m1/s1. The highest BCUT2D eigenvalue weighted by molar-refractivity contribution is 7.91. The van der Waals surface area contributed by atoms with Gasteiger partial charge in [0.15, 0.2) is 9.84 Å². The summed E-state index contributed by atoms with van der Waals surface area (Å²) < 4.78 is 32.6. The Kier molecular flexibility index (Phi) is 7.16. The second-order valence-corrected chi connectivity index (χ2v) is 14.1. The van der Waals surface area contributed by atoms with Gasteiger partial charge >= 0.3 is 0 Å². The van der Waals surface area contributed by atoms with Crippen molar-refractivity contribution in [3.63, 3.8) is 0 Å². The van der Waals surface area contributed by atoms with Crippen LogP contribution >= 0.6 is 0 Å². The smallest absolute Gasteiger partial charge is 0.182 e. The minimum absolute atomic E-state index is 0.0452. The molecular weight excluding hydrogens is 524 g/mol. The average Bonchev–Trinajstić information content (AvgIpc) is 3.37. The number of nitrogens with zero attached hydrogens (tertiary/aromatic N) is 4. The Morgan fingerprint density at radius 1 is 1.18 bits per heavy atom. The number of rotatable bonds is 6. The van der Waals surface area contributed by atoms with E-state index in [9.17, 15) is 8.42 Å². The van der Waals surface area contributed by atoms with E-state index in [0.29, 0.717) is 25.1 Å². The van der Waals surface area contributed by atoms with Crippen LogP contribution in [0.3, 0.4) is 0 Å². The minimum Gasteiger partial charge on any atom is -0.491 e. The fraction of sp³-hybridized carbons (Fsp3) is 0.500. The number of sulfone groups is 1. The van der Waals surface area contributed by atoms with Crippen LogP contribution in [0.1, 0.15) is 56.4 Å². The molecule has 1 saturated heterocycles. The van der Waals surface area contributed by atoms with E-state index >= 15 is 0 Å². The summed E-state index contributed by atoms with van der Waals surface area (Å²) in [4.78, 5) is 16.0. The molecule has 0 unspecified atom stereocenters. The average molecular weight is 563 g/mol. The topological polar surface area (TPSA) is 123 Å². The van der Waals surface area contributed by atoms with Gasteiger partial charge in [-0.1, -0.05) is 19.9 Å². The molecule has 9 nitrogen and oxygen atoms in total. The Labute approximate surface area is 236 Å². The van der Waals surface area contributed by atoms with Crippen molar-refractivity contribution in [2.75, 3.05) is 36.1 Å². The summed E-state index contributed by atoms with van der Waals surface area (Å²) in [6.45, 7) is 7.46. The van der Waals surface area contributed by atoms with Gasteiger partial charge in [-0.2, -0.15) is 0 Å². The first-order valence-corrected chi connectivity index (χ1v) is 15.9. The quantitative estimate of drug-likeness (QED) is 0.460. The van der Waals surface area contributed by atoms with Crippen LogP contribution in [0.4, 0.5) is 11.6 Å². The number of fused-ring (bicyclic) bond motifs is 2. The number of ether oxygens (including phenoxy) is 1. The summed E-state index contributed by atoms with van der Waals surface area (Å²) in [7, 11) is -3.57. The molecule has 0 bridgehead atoms. The molecule has 1 aliphatic carbocycles. The Balaban J connectivity index is 1.28. The van der Waals surface area contributed by atoms with Gasteiger partial charge in [0.2, 0.25) is 0 Å². The summed E-state index contributed by atoms with van der Waals surface area (Å²) in [5.74, 6) is 1.91. The van der Waals surface area contributed by atoms with E-state index in [4.69, 9.17) is 15.5 Å². The van der Waals surface area contributed by atoms with E-state index in [0.717, 1.165) is 73.6 Å². The molecule has 1 aromatic carbocycles. The molecule has 3 aromatic rings.